The minimum absolute atomic E-state index is 0.0162. The number of nitrogens with one attached hydrogen (secondary N) is 2. The second-order valence-electron chi connectivity index (χ2n) is 13.5. The highest BCUT2D eigenvalue weighted by molar-refractivity contribution is 7.89. The topological polar surface area (TPSA) is 139 Å². The van der Waals surface area contributed by atoms with E-state index >= 15 is 0 Å². The predicted octanol–water partition coefficient (Wildman–Crippen LogP) is 3.66. The van der Waals surface area contributed by atoms with Crippen molar-refractivity contribution in [3.8, 4) is 0 Å². The predicted molar refractivity (Wildman–Crippen MR) is 177 cm³/mol. The van der Waals surface area contributed by atoms with Crippen molar-refractivity contribution in [2.24, 2.45) is 5.92 Å². The van der Waals surface area contributed by atoms with E-state index in [1.807, 2.05) is 30.9 Å². The third-order valence-corrected chi connectivity index (χ3v) is 12.5. The number of aliphatic hydroxyl groups is 1. The summed E-state index contributed by atoms with van der Waals surface area (Å²) in [6, 6.07) is 6.28. The van der Waals surface area contributed by atoms with E-state index in [2.05, 4.69) is 27.3 Å². The highest BCUT2D eigenvalue weighted by Crippen LogP contribution is 2.40. The molecule has 2 amide bonds. The largest absolute Gasteiger partial charge is 0.395 e. The highest BCUT2D eigenvalue weighted by Gasteiger charge is 2.54. The zero-order valence-electron chi connectivity index (χ0n) is 27.9. The molecule has 2 saturated heterocycles. The van der Waals surface area contributed by atoms with Crippen LogP contribution in [0.4, 0.5) is 0 Å². The molecule has 11 nitrogen and oxygen atoms in total. The maximum atomic E-state index is 14.1. The molecule has 1 aromatic heterocycles. The van der Waals surface area contributed by atoms with Crippen LogP contribution in [0.5, 0.6) is 0 Å². The minimum atomic E-state index is -3.74. The molecule has 3 aliphatic rings. The number of likely N-dealkylation sites (N-methyl/N-ethyl adjacent to an activating group) is 1. The average Bonchev–Trinajstić information content (AvgIpc) is 3.38. The number of aromatic amines is 1. The molecule has 0 bridgehead atoms. The van der Waals surface area contributed by atoms with E-state index < -0.39 is 21.6 Å². The first-order valence-corrected chi connectivity index (χ1v) is 18.5. The lowest BCUT2D eigenvalue weighted by Gasteiger charge is -2.53. The monoisotopic (exact) mass is 656 g/mol. The van der Waals surface area contributed by atoms with Crippen LogP contribution in [0, 0.1) is 19.8 Å². The van der Waals surface area contributed by atoms with Crippen molar-refractivity contribution in [2.45, 2.75) is 107 Å². The van der Waals surface area contributed by atoms with Gasteiger partial charge in [0.25, 0.3) is 0 Å². The van der Waals surface area contributed by atoms with E-state index in [9.17, 15) is 23.1 Å². The second-order valence-corrected chi connectivity index (χ2v) is 15.6. The van der Waals surface area contributed by atoms with E-state index in [-0.39, 0.29) is 35.9 Å². The van der Waals surface area contributed by atoms with Crippen LogP contribution in [0.1, 0.15) is 99.7 Å². The number of aryl methyl sites for hydroxylation is 2. The Hall–Kier alpha value is -2.80. The zero-order valence-corrected chi connectivity index (χ0v) is 28.7. The first-order valence-electron chi connectivity index (χ1n) is 17.1. The van der Waals surface area contributed by atoms with E-state index in [4.69, 9.17) is 0 Å². The van der Waals surface area contributed by atoms with Gasteiger partial charge in [-0.3, -0.25) is 19.6 Å². The first-order chi connectivity index (χ1) is 22.0. The number of carbonyl (C=O) groups excluding carboxylic acids is 2. The standard InChI is InChI=1S/C34H52N6O5S/c1-5-6-18-40-32(42)29(23-26-10-8-7-9-11-26)35-33(43)34(40)16-19-39(20-17-34)31(30-24(2)36-37-25(30)3)27-12-14-28(15-13-27)46(44,45)38(4)21-22-41/h12-15,26,29,31,41H,5-11,16-23H2,1-4H3,(H,35,43)(H,36,37)/t29-,31?/m0/s1. The van der Waals surface area contributed by atoms with Gasteiger partial charge in [-0.05, 0) is 63.1 Å². The van der Waals surface area contributed by atoms with Gasteiger partial charge < -0.3 is 15.3 Å². The van der Waals surface area contributed by atoms with E-state index in [0.29, 0.717) is 38.4 Å². The number of piperazine rings is 1. The quantitative estimate of drug-likeness (QED) is 0.317. The number of amides is 2. The van der Waals surface area contributed by atoms with Crippen molar-refractivity contribution in [3.05, 3.63) is 46.8 Å². The third kappa shape index (κ3) is 6.77. The van der Waals surface area contributed by atoms with Crippen molar-refractivity contribution in [1.29, 1.82) is 0 Å². The van der Waals surface area contributed by atoms with E-state index in [1.165, 1.54) is 26.3 Å². The van der Waals surface area contributed by atoms with Gasteiger partial charge >= 0.3 is 0 Å². The number of nitrogens with zero attached hydrogens (tertiary/aromatic N) is 4. The molecule has 1 spiro atoms. The number of unbranched alkanes of at least 4 members (excludes halogenated alkanes) is 1. The lowest BCUT2D eigenvalue weighted by molar-refractivity contribution is -0.162. The summed E-state index contributed by atoms with van der Waals surface area (Å²) >= 11 is 0. The summed E-state index contributed by atoms with van der Waals surface area (Å²) in [6.07, 6.45) is 9.52. The summed E-state index contributed by atoms with van der Waals surface area (Å²) in [5.74, 6) is 0.552. The molecule has 1 saturated carbocycles. The van der Waals surface area contributed by atoms with Crippen LogP contribution >= 0.6 is 0 Å². The number of H-pyrrole nitrogens is 1. The molecule has 3 N–H and O–H groups in total. The summed E-state index contributed by atoms with van der Waals surface area (Å²) in [5.41, 5.74) is 2.88. The molecule has 12 heteroatoms. The summed E-state index contributed by atoms with van der Waals surface area (Å²) in [7, 11) is -2.28. The van der Waals surface area contributed by atoms with Gasteiger partial charge in [-0.1, -0.05) is 57.6 Å². The SMILES string of the molecule is CCCCN1C(=O)[C@H](CC2CCCCC2)NC(=O)C12CCN(C(c1ccc(S(=O)(=O)N(C)CCO)cc1)c1c(C)n[nH]c1C)CC2. The molecule has 2 atom stereocenters. The number of likely N-dealkylation sites (tertiary alicyclic amines) is 1. The van der Waals surface area contributed by atoms with Gasteiger partial charge in [0.2, 0.25) is 21.8 Å². The lowest BCUT2D eigenvalue weighted by Crippen LogP contribution is -2.73. The fourth-order valence-electron chi connectivity index (χ4n) is 7.87. The van der Waals surface area contributed by atoms with Crippen molar-refractivity contribution in [3.63, 3.8) is 0 Å². The fraction of sp³-hybridized carbons (Fsp3) is 0.676. The van der Waals surface area contributed by atoms with Crippen LogP contribution < -0.4 is 5.32 Å². The molecule has 3 heterocycles. The normalized spacial score (nSPS) is 22.0. The van der Waals surface area contributed by atoms with Gasteiger partial charge in [-0.25, -0.2) is 8.42 Å². The number of sulfonamides is 1. The van der Waals surface area contributed by atoms with Crippen LogP contribution in [-0.2, 0) is 19.6 Å². The van der Waals surface area contributed by atoms with Crippen LogP contribution in [0.2, 0.25) is 0 Å². The molecule has 46 heavy (non-hydrogen) atoms. The smallest absolute Gasteiger partial charge is 0.246 e. The Labute approximate surface area is 274 Å². The summed E-state index contributed by atoms with van der Waals surface area (Å²) < 4.78 is 27.2. The lowest BCUT2D eigenvalue weighted by atomic mass is 9.78. The van der Waals surface area contributed by atoms with Crippen molar-refractivity contribution in [1.82, 2.24) is 29.6 Å². The number of carbonyl (C=O) groups is 2. The van der Waals surface area contributed by atoms with E-state index in [1.54, 1.807) is 12.1 Å². The third-order valence-electron chi connectivity index (χ3n) is 10.6. The van der Waals surface area contributed by atoms with Gasteiger partial charge in [0, 0.05) is 44.5 Å². The number of hydrogen-bond acceptors (Lipinski definition) is 7. The summed E-state index contributed by atoms with van der Waals surface area (Å²) in [5, 5.41) is 20.0. The number of aromatic nitrogens is 2. The minimum Gasteiger partial charge on any atom is -0.395 e. The fourth-order valence-corrected chi connectivity index (χ4v) is 9.03. The molecule has 1 aliphatic carbocycles. The van der Waals surface area contributed by atoms with Crippen LogP contribution in [0.15, 0.2) is 29.2 Å². The van der Waals surface area contributed by atoms with E-state index in [0.717, 1.165) is 58.9 Å². The number of piperidine rings is 1. The number of hydrogen-bond donors (Lipinski definition) is 3. The van der Waals surface area contributed by atoms with Gasteiger partial charge in [-0.2, -0.15) is 9.40 Å². The number of benzene rings is 1. The molecule has 1 aromatic carbocycles. The van der Waals surface area contributed by atoms with Gasteiger partial charge in [0.1, 0.15) is 11.6 Å². The molecular weight excluding hydrogens is 604 g/mol. The Balaban J connectivity index is 1.40. The Morgan fingerprint density at radius 3 is 2.35 bits per heavy atom. The second kappa shape index (κ2) is 14.5. The summed E-state index contributed by atoms with van der Waals surface area (Å²) in [6.45, 7) is 7.59. The Kier molecular flexibility index (Phi) is 10.9. The number of aliphatic hydroxyl groups excluding tert-OH is 1. The molecule has 5 rings (SSSR count). The zero-order chi connectivity index (χ0) is 33.1. The average molecular weight is 657 g/mol. The molecule has 2 aromatic rings. The molecule has 3 fully saturated rings. The maximum Gasteiger partial charge on any atom is 0.246 e. The van der Waals surface area contributed by atoms with Crippen molar-refractivity contribution < 1.29 is 23.1 Å². The number of rotatable bonds is 12. The van der Waals surface area contributed by atoms with Gasteiger partial charge in [0.05, 0.1) is 23.2 Å². The molecular formula is C34H52N6O5S. The van der Waals surface area contributed by atoms with Crippen LogP contribution in [0.25, 0.3) is 0 Å². The highest BCUT2D eigenvalue weighted by atomic mass is 32.2. The van der Waals surface area contributed by atoms with Crippen LogP contribution in [0.3, 0.4) is 0 Å². The molecule has 1 unspecified atom stereocenters. The van der Waals surface area contributed by atoms with Crippen molar-refractivity contribution in [2.75, 3.05) is 39.8 Å². The van der Waals surface area contributed by atoms with Crippen LogP contribution in [-0.4, -0.2) is 101 Å². The summed E-state index contributed by atoms with van der Waals surface area (Å²) in [4.78, 5) is 32.5. The Morgan fingerprint density at radius 1 is 1.09 bits per heavy atom. The molecule has 2 aliphatic heterocycles. The Morgan fingerprint density at radius 2 is 1.76 bits per heavy atom. The van der Waals surface area contributed by atoms with Gasteiger partial charge in [0.15, 0.2) is 0 Å². The Bertz CT molecular complexity index is 1440. The molecule has 0 radical (unpaired) electrons. The molecule has 254 valence electrons. The van der Waals surface area contributed by atoms with Crippen molar-refractivity contribution >= 4 is 21.8 Å². The van der Waals surface area contributed by atoms with Gasteiger partial charge in [-0.15, -0.1) is 0 Å². The maximum absolute atomic E-state index is 14.1. The first kappa shape index (κ1) is 34.5.